The van der Waals surface area contributed by atoms with Crippen LogP contribution in [0.3, 0.4) is 0 Å². The van der Waals surface area contributed by atoms with E-state index in [4.69, 9.17) is 4.84 Å². The normalized spacial score (nSPS) is 15.9. The lowest BCUT2D eigenvalue weighted by atomic mass is 10.3. The number of hydrogen-bond donors (Lipinski definition) is 1. The molecule has 2 rings (SSSR count). The smallest absolute Gasteiger partial charge is 0.267 e. The first-order chi connectivity index (χ1) is 8.16. The van der Waals surface area contributed by atoms with Crippen LogP contribution in [0.5, 0.6) is 0 Å². The van der Waals surface area contributed by atoms with Gasteiger partial charge in [-0.05, 0) is 12.8 Å². The minimum atomic E-state index is -0.421. The van der Waals surface area contributed by atoms with Crippen molar-refractivity contribution in [3.8, 4) is 0 Å². The molecule has 1 saturated heterocycles. The monoisotopic (exact) mass is 239 g/mol. The van der Waals surface area contributed by atoms with Crippen molar-refractivity contribution in [1.29, 1.82) is 0 Å². The van der Waals surface area contributed by atoms with E-state index in [9.17, 15) is 14.4 Å². The molecule has 1 aromatic rings. The van der Waals surface area contributed by atoms with Crippen LogP contribution in [0.15, 0.2) is 21.7 Å². The molecule has 2 heterocycles. The number of aromatic amines is 1. The predicted molar refractivity (Wildman–Crippen MR) is 58.2 cm³/mol. The molecule has 7 heteroatoms. The summed E-state index contributed by atoms with van der Waals surface area (Å²) in [5, 5.41) is 3.53. The van der Waals surface area contributed by atoms with Gasteiger partial charge in [-0.1, -0.05) is 0 Å². The molecular formula is C10H13N3O4. The summed E-state index contributed by atoms with van der Waals surface area (Å²) in [5.74, 6) is -0.339. The minimum absolute atomic E-state index is 0.213. The molecule has 1 aromatic heterocycles. The van der Waals surface area contributed by atoms with Crippen molar-refractivity contribution in [3.05, 3.63) is 32.8 Å². The van der Waals surface area contributed by atoms with Gasteiger partial charge in [0, 0.05) is 18.7 Å². The molecule has 0 radical (unpaired) electrons. The number of amides is 1. The topological polar surface area (TPSA) is 84.4 Å². The van der Waals surface area contributed by atoms with Crippen molar-refractivity contribution in [3.63, 3.8) is 0 Å². The van der Waals surface area contributed by atoms with Gasteiger partial charge >= 0.3 is 0 Å². The highest BCUT2D eigenvalue weighted by Gasteiger charge is 2.18. The summed E-state index contributed by atoms with van der Waals surface area (Å²) < 4.78 is 0.975. The molecule has 92 valence electrons. The van der Waals surface area contributed by atoms with Crippen LogP contribution in [0, 0.1) is 0 Å². The highest BCUT2D eigenvalue weighted by atomic mass is 16.7. The summed E-state index contributed by atoms with van der Waals surface area (Å²) in [4.78, 5) is 39.3. The third kappa shape index (κ3) is 2.82. The van der Waals surface area contributed by atoms with Crippen LogP contribution in [0.1, 0.15) is 12.8 Å². The average Bonchev–Trinajstić information content (AvgIpc) is 2.35. The summed E-state index contributed by atoms with van der Waals surface area (Å²) in [6.07, 6.45) is 1.80. The summed E-state index contributed by atoms with van der Waals surface area (Å²) in [5.41, 5.74) is -0.841. The Balaban J connectivity index is 2.09. The van der Waals surface area contributed by atoms with Crippen molar-refractivity contribution in [2.24, 2.45) is 0 Å². The Morgan fingerprint density at radius 3 is 2.88 bits per heavy atom. The van der Waals surface area contributed by atoms with E-state index in [-0.39, 0.29) is 12.5 Å². The number of carbonyl (C=O) groups is 1. The maximum absolute atomic E-state index is 11.8. The predicted octanol–water partition coefficient (Wildman–Crippen LogP) is -0.909. The number of hydroxylamine groups is 2. The summed E-state index contributed by atoms with van der Waals surface area (Å²) in [6.45, 7) is 0.811. The van der Waals surface area contributed by atoms with E-state index in [1.807, 2.05) is 0 Å². The molecular weight excluding hydrogens is 226 g/mol. The zero-order valence-electron chi connectivity index (χ0n) is 9.22. The fraction of sp³-hybridized carbons (Fsp3) is 0.500. The average molecular weight is 239 g/mol. The van der Waals surface area contributed by atoms with Gasteiger partial charge in [0.2, 0.25) is 0 Å². The van der Waals surface area contributed by atoms with Crippen LogP contribution in [0.2, 0.25) is 0 Å². The molecule has 1 N–H and O–H groups in total. The second-order valence-corrected chi connectivity index (χ2v) is 3.77. The van der Waals surface area contributed by atoms with Gasteiger partial charge < -0.3 is 0 Å². The number of nitrogens with one attached hydrogen (secondary N) is 1. The maximum Gasteiger partial charge on any atom is 0.267 e. The van der Waals surface area contributed by atoms with Crippen LogP contribution in [-0.4, -0.2) is 33.9 Å². The second-order valence-electron chi connectivity index (χ2n) is 3.77. The number of hydrogen-bond acceptors (Lipinski definition) is 4. The summed E-state index contributed by atoms with van der Waals surface area (Å²) in [6, 6.07) is 2.25. The van der Waals surface area contributed by atoms with Crippen molar-refractivity contribution < 1.29 is 9.63 Å². The largest absolute Gasteiger partial charge is 0.271 e. The molecule has 0 bridgehead atoms. The van der Waals surface area contributed by atoms with Crippen LogP contribution in [0.25, 0.3) is 0 Å². The van der Waals surface area contributed by atoms with E-state index >= 15 is 0 Å². The summed E-state index contributed by atoms with van der Waals surface area (Å²) in [7, 11) is 0. The molecule has 0 aromatic carbocycles. The van der Waals surface area contributed by atoms with Gasteiger partial charge in [0.05, 0.1) is 6.61 Å². The van der Waals surface area contributed by atoms with E-state index in [0.717, 1.165) is 29.7 Å². The highest BCUT2D eigenvalue weighted by Crippen LogP contribution is 2.05. The molecule has 0 unspecified atom stereocenters. The van der Waals surface area contributed by atoms with Gasteiger partial charge in [-0.15, -0.1) is 0 Å². The molecule has 0 saturated carbocycles. The van der Waals surface area contributed by atoms with Crippen molar-refractivity contribution in [2.75, 3.05) is 13.2 Å². The van der Waals surface area contributed by atoms with E-state index in [2.05, 4.69) is 5.10 Å². The van der Waals surface area contributed by atoms with Crippen molar-refractivity contribution >= 4 is 5.91 Å². The zero-order chi connectivity index (χ0) is 12.3. The van der Waals surface area contributed by atoms with Crippen LogP contribution in [0.4, 0.5) is 0 Å². The Labute approximate surface area is 96.5 Å². The highest BCUT2D eigenvalue weighted by molar-refractivity contribution is 5.74. The fourth-order valence-electron chi connectivity index (χ4n) is 1.59. The first kappa shape index (κ1) is 11.6. The Morgan fingerprint density at radius 2 is 2.18 bits per heavy atom. The molecule has 0 spiro atoms. The van der Waals surface area contributed by atoms with E-state index in [1.54, 1.807) is 0 Å². The molecule has 1 aliphatic heterocycles. The fourth-order valence-corrected chi connectivity index (χ4v) is 1.59. The third-order valence-electron chi connectivity index (χ3n) is 2.46. The maximum atomic E-state index is 11.8. The third-order valence-corrected chi connectivity index (χ3v) is 2.46. The molecule has 1 fully saturated rings. The Kier molecular flexibility index (Phi) is 3.38. The first-order valence-corrected chi connectivity index (χ1v) is 5.40. The van der Waals surface area contributed by atoms with Gasteiger partial charge in [0.1, 0.15) is 6.54 Å². The minimum Gasteiger partial charge on any atom is -0.271 e. The van der Waals surface area contributed by atoms with Crippen LogP contribution in [-0.2, 0) is 16.2 Å². The SMILES string of the molecule is O=C(Cn1[nH]c(=O)ccc1=O)N1CCCCO1. The molecule has 7 nitrogen and oxygen atoms in total. The van der Waals surface area contributed by atoms with E-state index in [0.29, 0.717) is 13.2 Å². The Morgan fingerprint density at radius 1 is 1.35 bits per heavy atom. The molecule has 0 aliphatic carbocycles. The lowest BCUT2D eigenvalue weighted by Crippen LogP contribution is -2.41. The molecule has 1 aliphatic rings. The van der Waals surface area contributed by atoms with Crippen LogP contribution < -0.4 is 11.1 Å². The Bertz CT molecular complexity index is 513. The second kappa shape index (κ2) is 4.96. The quantitative estimate of drug-likeness (QED) is 0.724. The first-order valence-electron chi connectivity index (χ1n) is 5.40. The van der Waals surface area contributed by atoms with E-state index < -0.39 is 11.1 Å². The number of nitrogens with zero attached hydrogens (tertiary/aromatic N) is 2. The van der Waals surface area contributed by atoms with Gasteiger partial charge in [-0.25, -0.2) is 9.75 Å². The number of H-pyrrole nitrogens is 1. The number of rotatable bonds is 2. The zero-order valence-corrected chi connectivity index (χ0v) is 9.22. The summed E-state index contributed by atoms with van der Waals surface area (Å²) >= 11 is 0. The van der Waals surface area contributed by atoms with Gasteiger partial charge in [0.25, 0.3) is 17.0 Å². The number of carbonyl (C=O) groups excluding carboxylic acids is 1. The lowest BCUT2D eigenvalue weighted by molar-refractivity contribution is -0.197. The molecule has 17 heavy (non-hydrogen) atoms. The van der Waals surface area contributed by atoms with Gasteiger partial charge in [-0.2, -0.15) is 0 Å². The van der Waals surface area contributed by atoms with Crippen LogP contribution >= 0.6 is 0 Å². The lowest BCUT2D eigenvalue weighted by Gasteiger charge is -2.25. The van der Waals surface area contributed by atoms with Gasteiger partial charge in [-0.3, -0.25) is 24.3 Å². The number of aromatic nitrogens is 2. The van der Waals surface area contributed by atoms with Crippen molar-refractivity contribution in [1.82, 2.24) is 14.8 Å². The van der Waals surface area contributed by atoms with Gasteiger partial charge in [0.15, 0.2) is 0 Å². The molecule has 0 atom stereocenters. The molecule has 1 amide bonds. The Hall–Kier alpha value is -1.89. The van der Waals surface area contributed by atoms with Crippen molar-refractivity contribution in [2.45, 2.75) is 19.4 Å². The van der Waals surface area contributed by atoms with E-state index in [1.165, 1.54) is 5.06 Å². The standard InChI is InChI=1S/C10H13N3O4/c14-8-3-4-9(15)12(11-8)7-10(16)13-5-1-2-6-17-13/h3-4H,1-2,5-7H2,(H,11,14).